The second kappa shape index (κ2) is 4.30. The standard InChI is InChI=1S/C11H12O5/c12-9(13)4-2-7-1-3-8-11(10(7)14)16-6-5-15-8/h1,3,14H,2,4-6H2,(H,12,13). The Kier molecular flexibility index (Phi) is 2.85. The molecule has 1 aliphatic rings. The van der Waals surface area contributed by atoms with Gasteiger partial charge in [-0.05, 0) is 18.1 Å². The van der Waals surface area contributed by atoms with Gasteiger partial charge in [0.1, 0.15) is 13.2 Å². The number of carboxylic acids is 1. The maximum atomic E-state index is 10.4. The largest absolute Gasteiger partial charge is 0.504 e. The Morgan fingerprint density at radius 1 is 1.31 bits per heavy atom. The zero-order chi connectivity index (χ0) is 11.5. The number of carbonyl (C=O) groups is 1. The number of hydrogen-bond acceptors (Lipinski definition) is 4. The highest BCUT2D eigenvalue weighted by Gasteiger charge is 2.18. The Morgan fingerprint density at radius 3 is 2.81 bits per heavy atom. The Hall–Kier alpha value is -1.91. The number of carboxylic acid groups (broad SMARTS) is 1. The molecule has 86 valence electrons. The molecule has 2 rings (SSSR count). The van der Waals surface area contributed by atoms with Crippen molar-refractivity contribution in [3.8, 4) is 17.2 Å². The molecule has 0 radical (unpaired) electrons. The van der Waals surface area contributed by atoms with E-state index in [0.29, 0.717) is 30.3 Å². The molecule has 0 aromatic heterocycles. The topological polar surface area (TPSA) is 76.0 Å². The highest BCUT2D eigenvalue weighted by Crippen LogP contribution is 2.41. The van der Waals surface area contributed by atoms with Crippen molar-refractivity contribution < 1.29 is 24.5 Å². The van der Waals surface area contributed by atoms with Crippen LogP contribution < -0.4 is 9.47 Å². The first kappa shape index (κ1) is 10.6. The van der Waals surface area contributed by atoms with Crippen molar-refractivity contribution in [2.45, 2.75) is 12.8 Å². The van der Waals surface area contributed by atoms with E-state index in [1.807, 2.05) is 0 Å². The number of phenols is 1. The first-order valence-electron chi connectivity index (χ1n) is 5.00. The van der Waals surface area contributed by atoms with E-state index in [2.05, 4.69) is 0 Å². The van der Waals surface area contributed by atoms with Crippen molar-refractivity contribution in [2.24, 2.45) is 0 Å². The summed E-state index contributed by atoms with van der Waals surface area (Å²) in [7, 11) is 0. The molecule has 1 aliphatic heterocycles. The van der Waals surface area contributed by atoms with E-state index in [4.69, 9.17) is 14.6 Å². The third kappa shape index (κ3) is 2.03. The summed E-state index contributed by atoms with van der Waals surface area (Å²) in [5, 5.41) is 18.4. The van der Waals surface area contributed by atoms with Gasteiger partial charge >= 0.3 is 5.97 Å². The van der Waals surface area contributed by atoms with Gasteiger partial charge in [-0.15, -0.1) is 0 Å². The molecule has 16 heavy (non-hydrogen) atoms. The summed E-state index contributed by atoms with van der Waals surface area (Å²) in [6.07, 6.45) is 0.255. The van der Waals surface area contributed by atoms with Gasteiger partial charge in [0, 0.05) is 6.42 Å². The zero-order valence-corrected chi connectivity index (χ0v) is 8.60. The molecule has 0 aliphatic carbocycles. The second-order valence-corrected chi connectivity index (χ2v) is 3.49. The van der Waals surface area contributed by atoms with E-state index < -0.39 is 5.97 Å². The molecule has 1 aromatic carbocycles. The van der Waals surface area contributed by atoms with Gasteiger partial charge in [0.2, 0.25) is 5.75 Å². The minimum Gasteiger partial charge on any atom is -0.504 e. The average molecular weight is 224 g/mol. The monoisotopic (exact) mass is 224 g/mol. The van der Waals surface area contributed by atoms with Crippen molar-refractivity contribution in [1.82, 2.24) is 0 Å². The highest BCUT2D eigenvalue weighted by atomic mass is 16.6. The molecule has 0 saturated carbocycles. The number of aromatic hydroxyl groups is 1. The van der Waals surface area contributed by atoms with Crippen LogP contribution in [0.2, 0.25) is 0 Å². The Morgan fingerprint density at radius 2 is 2.06 bits per heavy atom. The fourth-order valence-electron chi connectivity index (χ4n) is 1.59. The predicted molar refractivity (Wildman–Crippen MR) is 55.1 cm³/mol. The van der Waals surface area contributed by atoms with Gasteiger partial charge in [-0.2, -0.15) is 0 Å². The number of aryl methyl sites for hydroxylation is 1. The summed E-state index contributed by atoms with van der Waals surface area (Å²) in [5.74, 6) is -0.0929. The molecule has 0 fully saturated rings. The quantitative estimate of drug-likeness (QED) is 0.806. The van der Waals surface area contributed by atoms with E-state index >= 15 is 0 Å². The number of rotatable bonds is 3. The van der Waals surface area contributed by atoms with Crippen LogP contribution in [0.5, 0.6) is 17.2 Å². The maximum absolute atomic E-state index is 10.4. The molecule has 2 N–H and O–H groups in total. The molecule has 0 atom stereocenters. The third-order valence-corrected chi connectivity index (χ3v) is 2.37. The summed E-state index contributed by atoms with van der Waals surface area (Å²) < 4.78 is 10.6. The van der Waals surface area contributed by atoms with Crippen LogP contribution in [0.25, 0.3) is 0 Å². The van der Waals surface area contributed by atoms with E-state index in [9.17, 15) is 9.90 Å². The van der Waals surface area contributed by atoms with Crippen LogP contribution in [0.1, 0.15) is 12.0 Å². The highest BCUT2D eigenvalue weighted by molar-refractivity contribution is 5.67. The van der Waals surface area contributed by atoms with E-state index in [-0.39, 0.29) is 18.6 Å². The van der Waals surface area contributed by atoms with Crippen molar-refractivity contribution in [2.75, 3.05) is 13.2 Å². The van der Waals surface area contributed by atoms with Crippen LogP contribution in [0.4, 0.5) is 0 Å². The van der Waals surface area contributed by atoms with E-state index in [0.717, 1.165) is 0 Å². The van der Waals surface area contributed by atoms with Crippen LogP contribution in [-0.4, -0.2) is 29.4 Å². The summed E-state index contributed by atoms with van der Waals surface area (Å²) in [5.41, 5.74) is 0.562. The Labute approximate surface area is 92.2 Å². The Balaban J connectivity index is 2.23. The van der Waals surface area contributed by atoms with Gasteiger partial charge in [-0.3, -0.25) is 4.79 Å². The summed E-state index contributed by atoms with van der Waals surface area (Å²) in [6.45, 7) is 0.851. The van der Waals surface area contributed by atoms with Crippen molar-refractivity contribution in [3.63, 3.8) is 0 Å². The molecule has 0 amide bonds. The first-order valence-corrected chi connectivity index (χ1v) is 5.00. The summed E-state index contributed by atoms with van der Waals surface area (Å²) in [4.78, 5) is 10.4. The molecule has 0 bridgehead atoms. The number of fused-ring (bicyclic) bond motifs is 1. The fraction of sp³-hybridized carbons (Fsp3) is 0.364. The molecule has 0 spiro atoms. The van der Waals surface area contributed by atoms with Gasteiger partial charge in [-0.1, -0.05) is 6.07 Å². The lowest BCUT2D eigenvalue weighted by Gasteiger charge is -2.20. The van der Waals surface area contributed by atoms with Gasteiger partial charge in [0.15, 0.2) is 11.5 Å². The number of hydrogen-bond donors (Lipinski definition) is 2. The smallest absolute Gasteiger partial charge is 0.303 e. The summed E-state index contributed by atoms with van der Waals surface area (Å²) in [6, 6.07) is 3.34. The minimum atomic E-state index is -0.894. The lowest BCUT2D eigenvalue weighted by atomic mass is 10.1. The van der Waals surface area contributed by atoms with Gasteiger partial charge in [0.05, 0.1) is 0 Å². The van der Waals surface area contributed by atoms with Crippen LogP contribution >= 0.6 is 0 Å². The van der Waals surface area contributed by atoms with E-state index in [1.54, 1.807) is 12.1 Å². The van der Waals surface area contributed by atoms with Gasteiger partial charge in [-0.25, -0.2) is 0 Å². The average Bonchev–Trinajstić information content (AvgIpc) is 2.28. The third-order valence-electron chi connectivity index (χ3n) is 2.37. The number of benzene rings is 1. The lowest BCUT2D eigenvalue weighted by molar-refractivity contribution is -0.136. The molecule has 5 nitrogen and oxygen atoms in total. The molecular weight excluding hydrogens is 212 g/mol. The van der Waals surface area contributed by atoms with Crippen molar-refractivity contribution in [1.29, 1.82) is 0 Å². The van der Waals surface area contributed by atoms with Crippen LogP contribution in [0.3, 0.4) is 0 Å². The Bertz CT molecular complexity index is 413. The van der Waals surface area contributed by atoms with Crippen molar-refractivity contribution in [3.05, 3.63) is 17.7 Å². The van der Waals surface area contributed by atoms with E-state index in [1.165, 1.54) is 0 Å². The fourth-order valence-corrected chi connectivity index (χ4v) is 1.59. The molecule has 0 saturated heterocycles. The number of ether oxygens (including phenoxy) is 2. The lowest BCUT2D eigenvalue weighted by Crippen LogP contribution is -2.15. The zero-order valence-electron chi connectivity index (χ0n) is 8.60. The number of phenolic OH excluding ortho intramolecular Hbond substituents is 1. The predicted octanol–water partition coefficient (Wildman–Crippen LogP) is 1.18. The van der Waals surface area contributed by atoms with Gasteiger partial charge < -0.3 is 19.7 Å². The number of aliphatic carboxylic acids is 1. The SMILES string of the molecule is O=C(O)CCc1ccc2c(c1O)OCCO2. The van der Waals surface area contributed by atoms with Crippen molar-refractivity contribution >= 4 is 5.97 Å². The second-order valence-electron chi connectivity index (χ2n) is 3.49. The molecule has 0 unspecified atom stereocenters. The summed E-state index contributed by atoms with van der Waals surface area (Å²) >= 11 is 0. The van der Waals surface area contributed by atoms with Gasteiger partial charge in [0.25, 0.3) is 0 Å². The molecule has 1 aromatic rings. The van der Waals surface area contributed by atoms with Crippen LogP contribution in [0.15, 0.2) is 12.1 Å². The molecule has 1 heterocycles. The maximum Gasteiger partial charge on any atom is 0.303 e. The van der Waals surface area contributed by atoms with Crippen LogP contribution in [-0.2, 0) is 11.2 Å². The molecular formula is C11H12O5. The molecule has 5 heteroatoms. The minimum absolute atomic E-state index is 0.0153. The normalized spacial score (nSPS) is 13.5. The first-order chi connectivity index (χ1) is 7.68. The van der Waals surface area contributed by atoms with Crippen LogP contribution in [0, 0.1) is 0 Å².